The van der Waals surface area contributed by atoms with Gasteiger partial charge in [-0.25, -0.2) is 0 Å². The molecule has 0 heterocycles. The van der Waals surface area contributed by atoms with Crippen LogP contribution < -0.4 is 0 Å². The van der Waals surface area contributed by atoms with Gasteiger partial charge in [-0.3, -0.25) is 0 Å². The van der Waals surface area contributed by atoms with E-state index in [4.69, 9.17) is 0 Å². The molecular formula is C18H14. The minimum atomic E-state index is 1.06. The highest BCUT2D eigenvalue weighted by Gasteiger charge is 2.27. The van der Waals surface area contributed by atoms with Gasteiger partial charge >= 0.3 is 0 Å². The molecule has 0 heteroatoms. The van der Waals surface area contributed by atoms with Crippen molar-refractivity contribution in [2.75, 3.05) is 0 Å². The van der Waals surface area contributed by atoms with Crippen LogP contribution in [0, 0.1) is 0 Å². The molecule has 2 aromatic rings. The van der Waals surface area contributed by atoms with Crippen molar-refractivity contribution in [2.24, 2.45) is 0 Å². The van der Waals surface area contributed by atoms with E-state index in [2.05, 4.69) is 61.7 Å². The van der Waals surface area contributed by atoms with Crippen molar-refractivity contribution in [3.8, 4) is 0 Å². The van der Waals surface area contributed by atoms with Crippen LogP contribution in [-0.2, 0) is 0 Å². The Balaban J connectivity index is 2.19. The summed E-state index contributed by atoms with van der Waals surface area (Å²) in [5, 5.41) is 0. The lowest BCUT2D eigenvalue weighted by molar-refractivity contribution is 1.45. The van der Waals surface area contributed by atoms with Gasteiger partial charge in [0, 0.05) is 0 Å². The van der Waals surface area contributed by atoms with Crippen LogP contribution in [0.5, 0.6) is 0 Å². The SMILES string of the molecule is C=C1C(=C)C(c2ccccc2)=C1c1ccccc1. The molecule has 0 radical (unpaired) electrons. The molecule has 18 heavy (non-hydrogen) atoms. The van der Waals surface area contributed by atoms with Gasteiger partial charge in [-0.15, -0.1) is 0 Å². The van der Waals surface area contributed by atoms with Crippen molar-refractivity contribution in [1.82, 2.24) is 0 Å². The number of benzene rings is 2. The molecule has 0 nitrogen and oxygen atoms in total. The Morgan fingerprint density at radius 2 is 0.833 bits per heavy atom. The molecule has 3 rings (SSSR count). The first-order valence-electron chi connectivity index (χ1n) is 6.03. The molecule has 0 unspecified atom stereocenters. The van der Waals surface area contributed by atoms with Gasteiger partial charge in [-0.2, -0.15) is 0 Å². The first-order valence-corrected chi connectivity index (χ1v) is 6.03. The van der Waals surface area contributed by atoms with Gasteiger partial charge in [-0.1, -0.05) is 73.8 Å². The van der Waals surface area contributed by atoms with E-state index in [1.165, 1.54) is 22.3 Å². The molecular weight excluding hydrogens is 216 g/mol. The van der Waals surface area contributed by atoms with Crippen molar-refractivity contribution < 1.29 is 0 Å². The van der Waals surface area contributed by atoms with Crippen molar-refractivity contribution in [1.29, 1.82) is 0 Å². The lowest BCUT2D eigenvalue weighted by atomic mass is 9.73. The highest BCUT2D eigenvalue weighted by atomic mass is 14.3. The quantitative estimate of drug-likeness (QED) is 0.700. The van der Waals surface area contributed by atoms with Gasteiger partial charge in [0.2, 0.25) is 0 Å². The molecule has 0 atom stereocenters. The maximum Gasteiger partial charge on any atom is -0.00267 e. The van der Waals surface area contributed by atoms with Crippen LogP contribution in [0.1, 0.15) is 11.1 Å². The second kappa shape index (κ2) is 4.15. The molecule has 0 spiro atoms. The molecule has 0 aromatic heterocycles. The van der Waals surface area contributed by atoms with Gasteiger partial charge in [0.15, 0.2) is 0 Å². The van der Waals surface area contributed by atoms with E-state index in [9.17, 15) is 0 Å². The van der Waals surface area contributed by atoms with Crippen LogP contribution in [0.25, 0.3) is 11.1 Å². The van der Waals surface area contributed by atoms with Crippen LogP contribution in [0.15, 0.2) is 85.0 Å². The summed E-state index contributed by atoms with van der Waals surface area (Å²) in [7, 11) is 0. The van der Waals surface area contributed by atoms with E-state index >= 15 is 0 Å². The van der Waals surface area contributed by atoms with E-state index in [1.54, 1.807) is 0 Å². The highest BCUT2D eigenvalue weighted by Crippen LogP contribution is 2.49. The molecule has 1 aliphatic carbocycles. The predicted molar refractivity (Wildman–Crippen MR) is 78.0 cm³/mol. The Hall–Kier alpha value is -2.34. The van der Waals surface area contributed by atoms with E-state index in [1.807, 2.05) is 12.1 Å². The zero-order chi connectivity index (χ0) is 12.5. The van der Waals surface area contributed by atoms with Crippen LogP contribution >= 0.6 is 0 Å². The summed E-state index contributed by atoms with van der Waals surface area (Å²) in [6.45, 7) is 8.24. The summed E-state index contributed by atoms with van der Waals surface area (Å²) < 4.78 is 0. The second-order valence-electron chi connectivity index (χ2n) is 4.44. The fourth-order valence-corrected chi connectivity index (χ4v) is 2.39. The minimum Gasteiger partial charge on any atom is -0.0905 e. The average molecular weight is 230 g/mol. The Morgan fingerprint density at radius 3 is 1.17 bits per heavy atom. The maximum absolute atomic E-state index is 4.12. The molecule has 0 saturated carbocycles. The number of hydrogen-bond donors (Lipinski definition) is 0. The smallest absolute Gasteiger partial charge is 0.00267 e. The summed E-state index contributed by atoms with van der Waals surface area (Å²) in [4.78, 5) is 0. The third-order valence-corrected chi connectivity index (χ3v) is 3.34. The Labute approximate surface area is 108 Å². The first kappa shape index (κ1) is 10.8. The number of allylic oxidation sites excluding steroid dienone is 4. The van der Waals surface area contributed by atoms with Gasteiger partial charge < -0.3 is 0 Å². The molecule has 0 amide bonds. The number of hydrogen-bond acceptors (Lipinski definition) is 0. The Kier molecular flexibility index (Phi) is 2.49. The van der Waals surface area contributed by atoms with E-state index in [-0.39, 0.29) is 0 Å². The van der Waals surface area contributed by atoms with Gasteiger partial charge in [0.25, 0.3) is 0 Å². The molecule has 0 fully saturated rings. The maximum atomic E-state index is 4.12. The highest BCUT2D eigenvalue weighted by molar-refractivity contribution is 6.17. The monoisotopic (exact) mass is 230 g/mol. The number of rotatable bonds is 2. The topological polar surface area (TPSA) is 0 Å². The van der Waals surface area contributed by atoms with Gasteiger partial charge in [0.1, 0.15) is 0 Å². The van der Waals surface area contributed by atoms with Crippen molar-refractivity contribution >= 4 is 11.1 Å². The van der Waals surface area contributed by atoms with Crippen molar-refractivity contribution in [3.63, 3.8) is 0 Å². The summed E-state index contributed by atoms with van der Waals surface area (Å²) in [6, 6.07) is 20.8. The summed E-state index contributed by atoms with van der Waals surface area (Å²) >= 11 is 0. The third-order valence-electron chi connectivity index (χ3n) is 3.34. The standard InChI is InChI=1S/C18H14/c1-13-14(2)18(16-11-7-4-8-12-16)17(13)15-9-5-3-6-10-15/h3-12H,1-2H2. The van der Waals surface area contributed by atoms with Crippen LogP contribution in [-0.4, -0.2) is 0 Å². The molecule has 2 aromatic carbocycles. The minimum absolute atomic E-state index is 1.06. The normalized spacial score (nSPS) is 14.7. The zero-order valence-electron chi connectivity index (χ0n) is 10.2. The third kappa shape index (κ3) is 1.54. The van der Waals surface area contributed by atoms with Crippen molar-refractivity contribution in [3.05, 3.63) is 96.1 Å². The molecule has 0 saturated heterocycles. The van der Waals surface area contributed by atoms with Gasteiger partial charge in [-0.05, 0) is 33.4 Å². The van der Waals surface area contributed by atoms with E-state index in [0.717, 1.165) is 11.1 Å². The lowest BCUT2D eigenvalue weighted by Crippen LogP contribution is -2.09. The summed E-state index contributed by atoms with van der Waals surface area (Å²) in [5.41, 5.74) is 7.00. The van der Waals surface area contributed by atoms with Gasteiger partial charge in [0.05, 0.1) is 0 Å². The molecule has 0 bridgehead atoms. The van der Waals surface area contributed by atoms with E-state index < -0.39 is 0 Å². The molecule has 0 N–H and O–H groups in total. The fraction of sp³-hybridized carbons (Fsp3) is 0. The zero-order valence-corrected chi connectivity index (χ0v) is 10.2. The fourth-order valence-electron chi connectivity index (χ4n) is 2.39. The predicted octanol–water partition coefficient (Wildman–Crippen LogP) is 4.72. The molecule has 0 aliphatic heterocycles. The molecule has 1 aliphatic rings. The Bertz CT molecular complexity index is 583. The average Bonchev–Trinajstić information content (AvgIpc) is 2.45. The van der Waals surface area contributed by atoms with E-state index in [0.29, 0.717) is 0 Å². The first-order chi connectivity index (χ1) is 8.79. The lowest BCUT2D eigenvalue weighted by Gasteiger charge is -2.30. The van der Waals surface area contributed by atoms with Crippen LogP contribution in [0.2, 0.25) is 0 Å². The van der Waals surface area contributed by atoms with Crippen LogP contribution in [0.4, 0.5) is 0 Å². The second-order valence-corrected chi connectivity index (χ2v) is 4.44. The Morgan fingerprint density at radius 1 is 0.500 bits per heavy atom. The summed E-state index contributed by atoms with van der Waals surface area (Å²) in [5.74, 6) is 0. The van der Waals surface area contributed by atoms with Crippen molar-refractivity contribution in [2.45, 2.75) is 0 Å². The van der Waals surface area contributed by atoms with Crippen LogP contribution in [0.3, 0.4) is 0 Å². The largest absolute Gasteiger partial charge is 0.0905 e. The molecule has 86 valence electrons. The summed E-state index contributed by atoms with van der Waals surface area (Å²) in [6.07, 6.45) is 0.